The first-order chi connectivity index (χ1) is 22.4. The molecule has 47 heavy (non-hydrogen) atoms. The number of halogens is 4. The molecule has 0 saturated heterocycles. The fourth-order valence-electron chi connectivity index (χ4n) is 5.06. The van der Waals surface area contributed by atoms with Crippen LogP contribution in [0.2, 0.25) is 5.02 Å². The number of anilines is 1. The number of alkyl halides is 3. The molecule has 2 N–H and O–H groups in total. The second-order valence-electron chi connectivity index (χ2n) is 11.5. The van der Waals surface area contributed by atoms with Crippen LogP contribution in [0.5, 0.6) is 0 Å². The first-order valence-electron chi connectivity index (χ1n) is 15.1. The standard InChI is InChI=1S/C35H36ClF3N6OS/c1-4-23(2)32(43-33(46)16-29-18-41-22-45(29)19-26-12-10-25(17-40)11-13-26)21-44(20-27-7-5-6-8-30(27)35(37,38)39)34(47)42-28-14-9-24(3)31(36)15-28/h5-15,18,22-23,32H,4,16,19-21H2,1-3H3,(H,42,47)(H,43,46). The molecule has 0 fully saturated rings. The third-order valence-corrected chi connectivity index (χ3v) is 8.83. The molecule has 12 heteroatoms. The summed E-state index contributed by atoms with van der Waals surface area (Å²) in [6, 6.07) is 19.6. The van der Waals surface area contributed by atoms with Crippen LogP contribution in [0, 0.1) is 24.2 Å². The normalized spacial score (nSPS) is 12.6. The maximum absolute atomic E-state index is 14.0. The molecule has 0 radical (unpaired) electrons. The Morgan fingerprint density at radius 1 is 1.15 bits per heavy atom. The van der Waals surface area contributed by atoms with Gasteiger partial charge in [-0.05, 0) is 72.1 Å². The molecule has 1 aromatic heterocycles. The average Bonchev–Trinajstić information content (AvgIpc) is 3.47. The maximum Gasteiger partial charge on any atom is 0.416 e. The quantitative estimate of drug-likeness (QED) is 0.149. The molecular weight excluding hydrogens is 645 g/mol. The molecule has 0 saturated carbocycles. The van der Waals surface area contributed by atoms with E-state index in [0.717, 1.165) is 17.2 Å². The predicted octanol–water partition coefficient (Wildman–Crippen LogP) is 7.76. The number of nitriles is 1. The lowest BCUT2D eigenvalue weighted by Gasteiger charge is -2.34. The number of hydrogen-bond donors (Lipinski definition) is 2. The van der Waals surface area contributed by atoms with Gasteiger partial charge in [-0.15, -0.1) is 0 Å². The number of carbonyl (C=O) groups is 1. The van der Waals surface area contributed by atoms with E-state index in [-0.39, 0.29) is 42.0 Å². The number of rotatable bonds is 12. The molecule has 1 amide bonds. The van der Waals surface area contributed by atoms with Crippen LogP contribution in [0.1, 0.15) is 53.8 Å². The van der Waals surface area contributed by atoms with Crippen molar-refractivity contribution in [2.75, 3.05) is 11.9 Å². The molecule has 1 heterocycles. The number of nitrogens with zero attached hydrogens (tertiary/aromatic N) is 4. The molecule has 4 aromatic rings. The van der Waals surface area contributed by atoms with Crippen molar-refractivity contribution >= 4 is 40.5 Å². The van der Waals surface area contributed by atoms with Gasteiger partial charge in [0.1, 0.15) is 0 Å². The summed E-state index contributed by atoms with van der Waals surface area (Å²) in [4.78, 5) is 19.3. The van der Waals surface area contributed by atoms with Gasteiger partial charge in [0.05, 0.1) is 29.9 Å². The minimum atomic E-state index is -4.55. The Morgan fingerprint density at radius 2 is 1.87 bits per heavy atom. The first-order valence-corrected chi connectivity index (χ1v) is 15.9. The molecule has 0 aliphatic heterocycles. The first kappa shape index (κ1) is 35.5. The van der Waals surface area contributed by atoms with E-state index in [4.69, 9.17) is 29.1 Å². The zero-order valence-corrected chi connectivity index (χ0v) is 27.9. The van der Waals surface area contributed by atoms with Crippen LogP contribution < -0.4 is 10.6 Å². The van der Waals surface area contributed by atoms with Crippen molar-refractivity contribution in [2.24, 2.45) is 5.92 Å². The lowest BCUT2D eigenvalue weighted by atomic mass is 9.97. The number of imidazole rings is 1. The van der Waals surface area contributed by atoms with E-state index < -0.39 is 17.8 Å². The van der Waals surface area contributed by atoms with Gasteiger partial charge < -0.3 is 20.1 Å². The highest BCUT2D eigenvalue weighted by Gasteiger charge is 2.34. The molecule has 246 valence electrons. The van der Waals surface area contributed by atoms with Crippen LogP contribution in [-0.2, 0) is 30.5 Å². The Labute approximate surface area is 283 Å². The van der Waals surface area contributed by atoms with Crippen LogP contribution in [0.4, 0.5) is 18.9 Å². The van der Waals surface area contributed by atoms with Crippen molar-refractivity contribution in [3.63, 3.8) is 0 Å². The predicted molar refractivity (Wildman–Crippen MR) is 182 cm³/mol. The number of hydrogen-bond acceptors (Lipinski definition) is 4. The SMILES string of the molecule is CCC(C)C(CN(Cc1ccccc1C(F)(F)F)C(=S)Nc1ccc(C)c(Cl)c1)NC(=O)Cc1cncn1Cc1ccc(C#N)cc1. The molecule has 0 bridgehead atoms. The van der Waals surface area contributed by atoms with E-state index in [9.17, 15) is 18.0 Å². The van der Waals surface area contributed by atoms with E-state index in [1.807, 2.05) is 43.5 Å². The average molecular weight is 681 g/mol. The highest BCUT2D eigenvalue weighted by atomic mass is 35.5. The molecule has 0 spiro atoms. The van der Waals surface area contributed by atoms with Gasteiger partial charge in [0, 0.05) is 48.3 Å². The van der Waals surface area contributed by atoms with Crippen molar-refractivity contribution < 1.29 is 18.0 Å². The summed E-state index contributed by atoms with van der Waals surface area (Å²) in [6.07, 6.45) is -0.512. The van der Waals surface area contributed by atoms with Crippen LogP contribution >= 0.6 is 23.8 Å². The second kappa shape index (κ2) is 15.9. The topological polar surface area (TPSA) is 86.0 Å². The number of amides is 1. The number of aryl methyl sites for hydroxylation is 1. The zero-order chi connectivity index (χ0) is 34.1. The molecule has 0 aliphatic carbocycles. The van der Waals surface area contributed by atoms with Gasteiger partial charge in [-0.2, -0.15) is 18.4 Å². The number of aromatic nitrogens is 2. The van der Waals surface area contributed by atoms with Crippen molar-refractivity contribution in [3.05, 3.63) is 118 Å². The van der Waals surface area contributed by atoms with Gasteiger partial charge in [-0.25, -0.2) is 4.98 Å². The second-order valence-corrected chi connectivity index (χ2v) is 12.3. The molecule has 7 nitrogen and oxygen atoms in total. The number of carbonyl (C=O) groups excluding carboxylic acids is 1. The van der Waals surface area contributed by atoms with Crippen molar-refractivity contribution in [1.29, 1.82) is 5.26 Å². The van der Waals surface area contributed by atoms with Gasteiger partial charge >= 0.3 is 6.18 Å². The minimum absolute atomic E-state index is 0.0283. The third kappa shape index (κ3) is 9.80. The van der Waals surface area contributed by atoms with Crippen molar-refractivity contribution in [3.8, 4) is 6.07 Å². The van der Waals surface area contributed by atoms with Gasteiger partial charge in [0.15, 0.2) is 5.11 Å². The molecule has 0 aliphatic rings. The third-order valence-electron chi connectivity index (χ3n) is 8.06. The highest BCUT2D eigenvalue weighted by Crippen LogP contribution is 2.33. The summed E-state index contributed by atoms with van der Waals surface area (Å²) >= 11 is 12.1. The lowest BCUT2D eigenvalue weighted by molar-refractivity contribution is -0.138. The van der Waals surface area contributed by atoms with Crippen LogP contribution in [0.25, 0.3) is 0 Å². The Morgan fingerprint density at radius 3 is 2.53 bits per heavy atom. The monoisotopic (exact) mass is 680 g/mol. The van der Waals surface area contributed by atoms with Crippen LogP contribution in [0.3, 0.4) is 0 Å². The van der Waals surface area contributed by atoms with Gasteiger partial charge in [-0.3, -0.25) is 4.79 Å². The van der Waals surface area contributed by atoms with Crippen LogP contribution in [0.15, 0.2) is 79.3 Å². The lowest BCUT2D eigenvalue weighted by Crippen LogP contribution is -2.50. The van der Waals surface area contributed by atoms with E-state index in [0.29, 0.717) is 34.9 Å². The summed E-state index contributed by atoms with van der Waals surface area (Å²) in [5.74, 6) is -0.281. The largest absolute Gasteiger partial charge is 0.416 e. The molecule has 3 aromatic carbocycles. The van der Waals surface area contributed by atoms with Crippen molar-refractivity contribution in [2.45, 2.75) is 58.9 Å². The number of nitrogens with one attached hydrogen (secondary N) is 2. The van der Waals surface area contributed by atoms with Crippen LogP contribution in [-0.4, -0.2) is 38.1 Å². The zero-order valence-electron chi connectivity index (χ0n) is 26.3. The molecular formula is C35H36ClF3N6OS. The summed E-state index contributed by atoms with van der Waals surface area (Å²) in [5, 5.41) is 16.0. The van der Waals surface area contributed by atoms with Gasteiger partial charge in [0.25, 0.3) is 0 Å². The number of benzene rings is 3. The fraction of sp³-hybridized carbons (Fsp3) is 0.314. The Bertz CT molecular complexity index is 1730. The number of thiocarbonyl (C=S) groups is 1. The van der Waals surface area contributed by atoms with E-state index in [1.165, 1.54) is 12.1 Å². The Hall–Kier alpha value is -4.40. The minimum Gasteiger partial charge on any atom is -0.351 e. The summed E-state index contributed by atoms with van der Waals surface area (Å²) in [5.41, 5.74) is 2.99. The Balaban J connectivity index is 1.55. The van der Waals surface area contributed by atoms with E-state index >= 15 is 0 Å². The summed E-state index contributed by atoms with van der Waals surface area (Å²) in [7, 11) is 0. The maximum atomic E-state index is 14.0. The van der Waals surface area contributed by atoms with E-state index in [1.54, 1.807) is 47.8 Å². The highest BCUT2D eigenvalue weighted by molar-refractivity contribution is 7.80. The molecule has 2 atom stereocenters. The van der Waals surface area contributed by atoms with Gasteiger partial charge in [0.2, 0.25) is 5.91 Å². The van der Waals surface area contributed by atoms with Gasteiger partial charge in [-0.1, -0.05) is 68.3 Å². The molecule has 2 unspecified atom stereocenters. The fourth-order valence-corrected chi connectivity index (χ4v) is 5.50. The van der Waals surface area contributed by atoms with E-state index in [2.05, 4.69) is 21.7 Å². The Kier molecular flexibility index (Phi) is 12.0. The van der Waals surface area contributed by atoms with Crippen molar-refractivity contribution in [1.82, 2.24) is 19.8 Å². The smallest absolute Gasteiger partial charge is 0.351 e. The summed E-state index contributed by atoms with van der Waals surface area (Å²) in [6.45, 7) is 6.33. The molecule has 4 rings (SSSR count). The summed E-state index contributed by atoms with van der Waals surface area (Å²) < 4.78 is 43.8.